The number of halogens is 1. The van der Waals surface area contributed by atoms with Crippen LogP contribution in [0.3, 0.4) is 0 Å². The largest absolute Gasteiger partial charge is 0.299 e. The van der Waals surface area contributed by atoms with Crippen LogP contribution in [0.2, 0.25) is 5.02 Å². The maximum atomic E-state index is 9.45. The first kappa shape index (κ1) is 11.1. The molecule has 1 aliphatic heterocycles. The number of nitrogens with zero attached hydrogens (tertiary/aromatic N) is 2. The first-order valence-corrected chi connectivity index (χ1v) is 6.41. The topological polar surface area (TPSA) is 27.0 Å². The fraction of sp³-hybridized carbons (Fsp3) is 0.500. The third kappa shape index (κ3) is 1.57. The minimum atomic E-state index is 0.117. The van der Waals surface area contributed by atoms with Gasteiger partial charge in [0.05, 0.1) is 12.0 Å². The maximum absolute atomic E-state index is 9.45. The zero-order chi connectivity index (χ0) is 12.0. The predicted octanol–water partition coefficient (Wildman–Crippen LogP) is 3.04. The second-order valence-corrected chi connectivity index (χ2v) is 5.69. The molecule has 1 spiro atoms. The fourth-order valence-electron chi connectivity index (χ4n) is 3.26. The van der Waals surface area contributed by atoms with Crippen LogP contribution < -0.4 is 0 Å². The average molecular weight is 247 g/mol. The summed E-state index contributed by atoms with van der Waals surface area (Å²) in [5.41, 5.74) is 1.38. The van der Waals surface area contributed by atoms with Crippen molar-refractivity contribution in [3.63, 3.8) is 0 Å². The second kappa shape index (κ2) is 3.73. The quantitative estimate of drug-likeness (QED) is 0.762. The van der Waals surface area contributed by atoms with E-state index in [2.05, 4.69) is 24.1 Å². The molecule has 3 heteroatoms. The molecule has 17 heavy (non-hydrogen) atoms. The molecule has 0 bridgehead atoms. The Morgan fingerprint density at radius 1 is 1.47 bits per heavy atom. The van der Waals surface area contributed by atoms with Crippen molar-refractivity contribution < 1.29 is 0 Å². The van der Waals surface area contributed by atoms with Gasteiger partial charge in [0.15, 0.2) is 0 Å². The van der Waals surface area contributed by atoms with Crippen LogP contribution in [0, 0.1) is 17.2 Å². The van der Waals surface area contributed by atoms with Gasteiger partial charge in [0.2, 0.25) is 0 Å². The van der Waals surface area contributed by atoms with E-state index >= 15 is 0 Å². The van der Waals surface area contributed by atoms with Crippen LogP contribution in [0.1, 0.15) is 24.3 Å². The normalized spacial score (nSPS) is 30.4. The minimum absolute atomic E-state index is 0.117. The SMILES string of the molecule is CN1C[C@@H](c2cccc(Cl)c2)C(C#N)C12CC2. The van der Waals surface area contributed by atoms with E-state index in [1.165, 1.54) is 18.4 Å². The van der Waals surface area contributed by atoms with Crippen LogP contribution >= 0.6 is 11.6 Å². The maximum Gasteiger partial charge on any atom is 0.0727 e. The fourth-order valence-corrected chi connectivity index (χ4v) is 3.46. The van der Waals surface area contributed by atoms with Gasteiger partial charge in [-0.1, -0.05) is 23.7 Å². The van der Waals surface area contributed by atoms with E-state index < -0.39 is 0 Å². The van der Waals surface area contributed by atoms with Crippen LogP contribution in [0.15, 0.2) is 24.3 Å². The molecule has 1 heterocycles. The lowest BCUT2D eigenvalue weighted by Crippen LogP contribution is -2.30. The van der Waals surface area contributed by atoms with Gasteiger partial charge in [-0.05, 0) is 37.6 Å². The third-order valence-corrected chi connectivity index (χ3v) is 4.63. The summed E-state index contributed by atoms with van der Waals surface area (Å²) in [6, 6.07) is 10.5. The molecule has 1 aromatic rings. The lowest BCUT2D eigenvalue weighted by Gasteiger charge is -2.20. The molecule has 0 radical (unpaired) electrons. The first-order chi connectivity index (χ1) is 8.17. The highest BCUT2D eigenvalue weighted by molar-refractivity contribution is 6.30. The van der Waals surface area contributed by atoms with E-state index in [0.717, 1.165) is 11.6 Å². The Balaban J connectivity index is 1.97. The summed E-state index contributed by atoms with van der Waals surface area (Å²) in [6.07, 6.45) is 2.33. The van der Waals surface area contributed by atoms with Gasteiger partial charge in [-0.25, -0.2) is 0 Å². The summed E-state index contributed by atoms with van der Waals surface area (Å²) in [5, 5.41) is 10.2. The average Bonchev–Trinajstić information content (AvgIpc) is 3.04. The molecule has 0 N–H and O–H groups in total. The van der Waals surface area contributed by atoms with Crippen LogP contribution in [0.4, 0.5) is 0 Å². The molecule has 2 nitrogen and oxygen atoms in total. The standard InChI is InChI=1S/C14H15ClN2/c1-17-9-12(10-3-2-4-11(15)7-10)13(8-16)14(17)5-6-14/h2-4,7,12-13H,5-6,9H2,1H3/t12-,13?/m0/s1. The lowest BCUT2D eigenvalue weighted by atomic mass is 9.85. The monoisotopic (exact) mass is 246 g/mol. The van der Waals surface area contributed by atoms with Crippen molar-refractivity contribution in [3.8, 4) is 6.07 Å². The van der Waals surface area contributed by atoms with Gasteiger partial charge in [-0.3, -0.25) is 4.90 Å². The summed E-state index contributed by atoms with van der Waals surface area (Å²) in [4.78, 5) is 2.37. The van der Waals surface area contributed by atoms with Gasteiger partial charge >= 0.3 is 0 Å². The molecule has 88 valence electrons. The number of rotatable bonds is 1. The van der Waals surface area contributed by atoms with Crippen molar-refractivity contribution in [1.29, 1.82) is 5.26 Å². The zero-order valence-corrected chi connectivity index (χ0v) is 10.6. The third-order valence-electron chi connectivity index (χ3n) is 4.39. The van der Waals surface area contributed by atoms with E-state index in [4.69, 9.17) is 11.6 Å². The van der Waals surface area contributed by atoms with Crippen molar-refractivity contribution in [3.05, 3.63) is 34.9 Å². The highest BCUT2D eigenvalue weighted by Gasteiger charge is 2.60. The van der Waals surface area contributed by atoms with E-state index in [0.29, 0.717) is 5.92 Å². The molecule has 0 amide bonds. The first-order valence-electron chi connectivity index (χ1n) is 6.04. The van der Waals surface area contributed by atoms with Crippen molar-refractivity contribution in [2.45, 2.75) is 24.3 Å². The molecule has 0 aromatic heterocycles. The van der Waals surface area contributed by atoms with Crippen LogP contribution in [0.25, 0.3) is 0 Å². The molecule has 2 aliphatic rings. The highest BCUT2D eigenvalue weighted by Crippen LogP contribution is 2.56. The number of nitriles is 1. The number of hydrogen-bond donors (Lipinski definition) is 0. The van der Waals surface area contributed by atoms with Gasteiger partial charge in [0.25, 0.3) is 0 Å². The van der Waals surface area contributed by atoms with Crippen molar-refractivity contribution in [1.82, 2.24) is 4.90 Å². The zero-order valence-electron chi connectivity index (χ0n) is 9.86. The summed E-state index contributed by atoms with van der Waals surface area (Å²) in [6.45, 7) is 0.971. The summed E-state index contributed by atoms with van der Waals surface area (Å²) in [5.74, 6) is 0.428. The van der Waals surface area contributed by atoms with Gasteiger partial charge in [0.1, 0.15) is 0 Å². The van der Waals surface area contributed by atoms with Crippen molar-refractivity contribution in [2.24, 2.45) is 5.92 Å². The Hall–Kier alpha value is -1.04. The molecule has 1 unspecified atom stereocenters. The molecule has 2 atom stereocenters. The van der Waals surface area contributed by atoms with E-state index in [1.807, 2.05) is 18.2 Å². The van der Waals surface area contributed by atoms with Crippen molar-refractivity contribution >= 4 is 11.6 Å². The Labute approximate surface area is 107 Å². The van der Waals surface area contributed by atoms with E-state index in [1.54, 1.807) is 0 Å². The molecular formula is C14H15ClN2. The number of hydrogen-bond acceptors (Lipinski definition) is 2. The highest BCUT2D eigenvalue weighted by atomic mass is 35.5. The second-order valence-electron chi connectivity index (χ2n) is 5.25. The summed E-state index contributed by atoms with van der Waals surface area (Å²) in [7, 11) is 2.14. The van der Waals surface area contributed by atoms with Crippen LogP contribution in [-0.2, 0) is 0 Å². The number of likely N-dealkylation sites (tertiary alicyclic amines) is 1. The number of benzene rings is 1. The smallest absolute Gasteiger partial charge is 0.0727 e. The molecule has 1 saturated carbocycles. The Morgan fingerprint density at radius 3 is 2.82 bits per heavy atom. The van der Waals surface area contributed by atoms with Crippen LogP contribution in [0.5, 0.6) is 0 Å². The molecule has 1 aromatic carbocycles. The Kier molecular flexibility index (Phi) is 2.43. The Morgan fingerprint density at radius 2 is 2.24 bits per heavy atom. The van der Waals surface area contributed by atoms with E-state index in [9.17, 15) is 5.26 Å². The Bertz CT molecular complexity index is 487. The van der Waals surface area contributed by atoms with Crippen molar-refractivity contribution in [2.75, 3.05) is 13.6 Å². The minimum Gasteiger partial charge on any atom is -0.299 e. The van der Waals surface area contributed by atoms with Gasteiger partial charge in [0, 0.05) is 23.0 Å². The van der Waals surface area contributed by atoms with Crippen LogP contribution in [-0.4, -0.2) is 24.0 Å². The molecule has 3 rings (SSSR count). The molecule has 1 aliphatic carbocycles. The summed E-state index contributed by atoms with van der Waals surface area (Å²) >= 11 is 6.04. The lowest BCUT2D eigenvalue weighted by molar-refractivity contribution is 0.270. The predicted molar refractivity (Wildman–Crippen MR) is 67.9 cm³/mol. The van der Waals surface area contributed by atoms with Gasteiger partial charge in [-0.2, -0.15) is 5.26 Å². The summed E-state index contributed by atoms with van der Waals surface area (Å²) < 4.78 is 0. The number of likely N-dealkylation sites (N-methyl/N-ethyl adjacent to an activating group) is 1. The van der Waals surface area contributed by atoms with E-state index in [-0.39, 0.29) is 11.5 Å². The molecule has 2 fully saturated rings. The molecular weight excluding hydrogens is 232 g/mol. The van der Waals surface area contributed by atoms with Gasteiger partial charge < -0.3 is 0 Å². The molecule has 1 saturated heterocycles. The van der Waals surface area contributed by atoms with Gasteiger partial charge in [-0.15, -0.1) is 0 Å².